The third-order valence-electron chi connectivity index (χ3n) is 3.06. The van der Waals surface area contributed by atoms with Crippen molar-refractivity contribution in [3.05, 3.63) is 53.0 Å². The van der Waals surface area contributed by atoms with Crippen molar-refractivity contribution in [3.8, 4) is 0 Å². The summed E-state index contributed by atoms with van der Waals surface area (Å²) in [6.45, 7) is 6.15. The molecule has 0 bridgehead atoms. The standard InChI is InChI=1S/C15H17N3O2/c1-3-14(19)16-9-6-10-18-13-8-5-4-7-12(13)17-11(2)15(18)20/h3-5,7-8H,1,6,9-10H2,2H3,(H,16,19). The molecule has 0 fully saturated rings. The number of amides is 1. The first-order valence-corrected chi connectivity index (χ1v) is 6.50. The first-order valence-electron chi connectivity index (χ1n) is 6.50. The van der Waals surface area contributed by atoms with Crippen LogP contribution in [0, 0.1) is 6.92 Å². The Labute approximate surface area is 117 Å². The van der Waals surface area contributed by atoms with E-state index in [0.29, 0.717) is 25.2 Å². The lowest BCUT2D eigenvalue weighted by atomic mass is 10.2. The number of para-hydroxylation sites is 2. The molecule has 1 N–H and O–H groups in total. The molecular formula is C15H17N3O2. The van der Waals surface area contributed by atoms with Crippen LogP contribution in [0.15, 0.2) is 41.7 Å². The van der Waals surface area contributed by atoms with Gasteiger partial charge in [0.05, 0.1) is 11.0 Å². The fourth-order valence-corrected chi connectivity index (χ4v) is 2.06. The first kappa shape index (κ1) is 14.0. The minimum absolute atomic E-state index is 0.0845. The van der Waals surface area contributed by atoms with Crippen molar-refractivity contribution < 1.29 is 4.79 Å². The van der Waals surface area contributed by atoms with Crippen molar-refractivity contribution in [1.29, 1.82) is 0 Å². The van der Waals surface area contributed by atoms with Crippen LogP contribution in [0.3, 0.4) is 0 Å². The Hall–Kier alpha value is -2.43. The molecule has 0 spiro atoms. The lowest BCUT2D eigenvalue weighted by Crippen LogP contribution is -2.27. The molecule has 0 aliphatic carbocycles. The summed E-state index contributed by atoms with van der Waals surface area (Å²) in [4.78, 5) is 27.5. The number of carbonyl (C=O) groups is 1. The summed E-state index contributed by atoms with van der Waals surface area (Å²) < 4.78 is 1.71. The van der Waals surface area contributed by atoms with Gasteiger partial charge in [0.2, 0.25) is 5.91 Å². The predicted molar refractivity (Wildman–Crippen MR) is 78.6 cm³/mol. The van der Waals surface area contributed by atoms with E-state index in [9.17, 15) is 9.59 Å². The van der Waals surface area contributed by atoms with Crippen LogP contribution in [0.1, 0.15) is 12.1 Å². The van der Waals surface area contributed by atoms with Crippen LogP contribution in [0.5, 0.6) is 0 Å². The number of fused-ring (bicyclic) bond motifs is 1. The number of aromatic nitrogens is 2. The number of carbonyl (C=O) groups excluding carboxylic acids is 1. The summed E-state index contributed by atoms with van der Waals surface area (Å²) in [6, 6.07) is 7.55. The van der Waals surface area contributed by atoms with E-state index in [2.05, 4.69) is 16.9 Å². The van der Waals surface area contributed by atoms with Gasteiger partial charge in [0.15, 0.2) is 0 Å². The van der Waals surface area contributed by atoms with E-state index in [0.717, 1.165) is 11.0 Å². The van der Waals surface area contributed by atoms with Crippen molar-refractivity contribution in [2.24, 2.45) is 0 Å². The molecule has 1 amide bonds. The second kappa shape index (κ2) is 6.14. The van der Waals surface area contributed by atoms with Gasteiger partial charge in [-0.05, 0) is 31.6 Å². The van der Waals surface area contributed by atoms with Gasteiger partial charge in [0, 0.05) is 13.1 Å². The van der Waals surface area contributed by atoms with Crippen LogP contribution in [0.4, 0.5) is 0 Å². The number of hydrogen-bond acceptors (Lipinski definition) is 3. The zero-order valence-corrected chi connectivity index (χ0v) is 11.4. The van der Waals surface area contributed by atoms with Crippen LogP contribution in [-0.2, 0) is 11.3 Å². The normalized spacial score (nSPS) is 10.4. The van der Waals surface area contributed by atoms with Crippen molar-refractivity contribution in [2.75, 3.05) is 6.54 Å². The maximum absolute atomic E-state index is 12.2. The van der Waals surface area contributed by atoms with E-state index in [1.54, 1.807) is 11.5 Å². The molecule has 0 atom stereocenters. The molecule has 0 saturated carbocycles. The number of nitrogens with zero attached hydrogens (tertiary/aromatic N) is 2. The fraction of sp³-hybridized carbons (Fsp3) is 0.267. The Balaban J connectivity index is 2.20. The summed E-state index contributed by atoms with van der Waals surface area (Å²) in [6.07, 6.45) is 1.91. The zero-order valence-electron chi connectivity index (χ0n) is 11.4. The average Bonchev–Trinajstić information content (AvgIpc) is 2.46. The molecule has 5 nitrogen and oxygen atoms in total. The minimum Gasteiger partial charge on any atom is -0.353 e. The van der Waals surface area contributed by atoms with Gasteiger partial charge in [-0.1, -0.05) is 18.7 Å². The monoisotopic (exact) mass is 271 g/mol. The fourth-order valence-electron chi connectivity index (χ4n) is 2.06. The van der Waals surface area contributed by atoms with E-state index < -0.39 is 0 Å². The number of hydrogen-bond donors (Lipinski definition) is 1. The second-order valence-corrected chi connectivity index (χ2v) is 4.49. The van der Waals surface area contributed by atoms with Gasteiger partial charge in [0.25, 0.3) is 5.56 Å². The van der Waals surface area contributed by atoms with Crippen LogP contribution in [0.25, 0.3) is 11.0 Å². The average molecular weight is 271 g/mol. The Morgan fingerprint density at radius 1 is 1.45 bits per heavy atom. The Kier molecular flexibility index (Phi) is 4.30. The first-order chi connectivity index (χ1) is 9.63. The maximum Gasteiger partial charge on any atom is 0.272 e. The summed E-state index contributed by atoms with van der Waals surface area (Å²) >= 11 is 0. The van der Waals surface area contributed by atoms with Crippen LogP contribution in [0.2, 0.25) is 0 Å². The van der Waals surface area contributed by atoms with E-state index in [-0.39, 0.29) is 11.5 Å². The van der Waals surface area contributed by atoms with Gasteiger partial charge >= 0.3 is 0 Å². The van der Waals surface area contributed by atoms with Gasteiger partial charge in [-0.2, -0.15) is 0 Å². The SMILES string of the molecule is C=CC(=O)NCCCn1c(=O)c(C)nc2ccccc21. The predicted octanol–water partition coefficient (Wildman–Crippen LogP) is 1.40. The molecule has 5 heteroatoms. The second-order valence-electron chi connectivity index (χ2n) is 4.49. The summed E-state index contributed by atoms with van der Waals surface area (Å²) in [5.41, 5.74) is 2.02. The Morgan fingerprint density at radius 3 is 2.95 bits per heavy atom. The smallest absolute Gasteiger partial charge is 0.272 e. The highest BCUT2D eigenvalue weighted by Crippen LogP contribution is 2.09. The molecule has 0 radical (unpaired) electrons. The highest BCUT2D eigenvalue weighted by Gasteiger charge is 2.07. The molecule has 1 aromatic heterocycles. The molecule has 0 aliphatic heterocycles. The van der Waals surface area contributed by atoms with Crippen LogP contribution in [-0.4, -0.2) is 22.0 Å². The van der Waals surface area contributed by atoms with Crippen LogP contribution >= 0.6 is 0 Å². The lowest BCUT2D eigenvalue weighted by Gasteiger charge is -2.11. The molecule has 0 aliphatic rings. The maximum atomic E-state index is 12.2. The van der Waals surface area contributed by atoms with Crippen molar-refractivity contribution >= 4 is 16.9 Å². The van der Waals surface area contributed by atoms with E-state index in [4.69, 9.17) is 0 Å². The van der Waals surface area contributed by atoms with Gasteiger partial charge in [-0.3, -0.25) is 9.59 Å². The molecule has 20 heavy (non-hydrogen) atoms. The molecule has 2 aromatic rings. The number of benzene rings is 1. The minimum atomic E-state index is -0.201. The van der Waals surface area contributed by atoms with E-state index >= 15 is 0 Å². The lowest BCUT2D eigenvalue weighted by molar-refractivity contribution is -0.116. The molecule has 0 unspecified atom stereocenters. The molecule has 104 valence electrons. The summed E-state index contributed by atoms with van der Waals surface area (Å²) in [7, 11) is 0. The van der Waals surface area contributed by atoms with Crippen molar-refractivity contribution in [3.63, 3.8) is 0 Å². The highest BCUT2D eigenvalue weighted by molar-refractivity contribution is 5.86. The third kappa shape index (κ3) is 2.93. The Bertz CT molecular complexity index is 704. The molecule has 0 saturated heterocycles. The van der Waals surface area contributed by atoms with Gasteiger partial charge in [0.1, 0.15) is 5.69 Å². The summed E-state index contributed by atoms with van der Waals surface area (Å²) in [5, 5.41) is 2.70. The topological polar surface area (TPSA) is 64.0 Å². The number of aryl methyl sites for hydroxylation is 2. The summed E-state index contributed by atoms with van der Waals surface area (Å²) in [5.74, 6) is -0.201. The van der Waals surface area contributed by atoms with E-state index in [1.165, 1.54) is 6.08 Å². The van der Waals surface area contributed by atoms with Crippen molar-refractivity contribution in [2.45, 2.75) is 19.9 Å². The van der Waals surface area contributed by atoms with Gasteiger partial charge in [-0.25, -0.2) is 4.98 Å². The highest BCUT2D eigenvalue weighted by atomic mass is 16.1. The number of rotatable bonds is 5. The zero-order chi connectivity index (χ0) is 14.5. The van der Waals surface area contributed by atoms with Gasteiger partial charge in [-0.15, -0.1) is 0 Å². The van der Waals surface area contributed by atoms with Crippen LogP contribution < -0.4 is 10.9 Å². The molecular weight excluding hydrogens is 254 g/mol. The van der Waals surface area contributed by atoms with Gasteiger partial charge < -0.3 is 9.88 Å². The molecule has 1 heterocycles. The Morgan fingerprint density at radius 2 is 2.20 bits per heavy atom. The van der Waals surface area contributed by atoms with Crippen molar-refractivity contribution in [1.82, 2.24) is 14.9 Å². The quantitative estimate of drug-likeness (QED) is 0.660. The third-order valence-corrected chi connectivity index (χ3v) is 3.06. The van der Waals surface area contributed by atoms with E-state index in [1.807, 2.05) is 24.3 Å². The molecule has 2 rings (SSSR count). The number of nitrogens with one attached hydrogen (secondary N) is 1. The molecule has 1 aromatic carbocycles. The largest absolute Gasteiger partial charge is 0.353 e.